The van der Waals surface area contributed by atoms with E-state index in [1.54, 1.807) is 31.4 Å². The second-order valence-corrected chi connectivity index (χ2v) is 10.5. The summed E-state index contributed by atoms with van der Waals surface area (Å²) in [5.41, 5.74) is 1.38. The number of rotatable bonds is 11. The Bertz CT molecular complexity index is 961. The van der Waals surface area contributed by atoms with Crippen LogP contribution in [0.4, 0.5) is 0 Å². The summed E-state index contributed by atoms with van der Waals surface area (Å²) >= 11 is 0. The van der Waals surface area contributed by atoms with Gasteiger partial charge in [0.15, 0.2) is 0 Å². The van der Waals surface area contributed by atoms with Gasteiger partial charge in [-0.25, -0.2) is 0 Å². The monoisotopic (exact) mass is 476 g/mol. The molecule has 0 unspecified atom stereocenters. The van der Waals surface area contributed by atoms with Crippen molar-refractivity contribution in [2.24, 2.45) is 5.92 Å². The first-order valence-corrected chi connectivity index (χ1v) is 13.0. The predicted molar refractivity (Wildman–Crippen MR) is 128 cm³/mol. The van der Waals surface area contributed by atoms with Crippen LogP contribution in [0.25, 0.3) is 0 Å². The standard InChI is InChI=1S/C26H36O6S/c1-5-30-19-31-26(16-14-21(3)15-17-26)25(22-8-10-23(29-4)11-9-22)18-32-33(27,28)24-12-6-20(2)7-13-24/h6-13,21,25H,5,14-19H2,1-4H3/t21?,25-,26?/m1/s1. The van der Waals surface area contributed by atoms with E-state index in [9.17, 15) is 8.42 Å². The second-order valence-electron chi connectivity index (χ2n) is 8.88. The molecule has 0 aliphatic heterocycles. The molecule has 0 bridgehead atoms. The molecule has 1 atom stereocenters. The van der Waals surface area contributed by atoms with Crippen LogP contribution in [0.1, 0.15) is 56.6 Å². The van der Waals surface area contributed by atoms with Gasteiger partial charge in [0.05, 0.1) is 24.2 Å². The van der Waals surface area contributed by atoms with Crippen LogP contribution in [0.3, 0.4) is 0 Å². The highest BCUT2D eigenvalue weighted by molar-refractivity contribution is 7.86. The summed E-state index contributed by atoms with van der Waals surface area (Å²) < 4.78 is 48.8. The summed E-state index contributed by atoms with van der Waals surface area (Å²) in [6, 6.07) is 14.4. The molecule has 0 amide bonds. The molecule has 1 aliphatic rings. The van der Waals surface area contributed by atoms with Crippen molar-refractivity contribution in [1.82, 2.24) is 0 Å². The van der Waals surface area contributed by atoms with Gasteiger partial charge in [-0.05, 0) is 75.3 Å². The van der Waals surface area contributed by atoms with Crippen molar-refractivity contribution in [3.8, 4) is 5.75 Å². The zero-order chi connectivity index (χ0) is 23.9. The zero-order valence-electron chi connectivity index (χ0n) is 20.1. The average molecular weight is 477 g/mol. The minimum Gasteiger partial charge on any atom is -0.497 e. The summed E-state index contributed by atoms with van der Waals surface area (Å²) in [6.07, 6.45) is 3.63. The largest absolute Gasteiger partial charge is 0.497 e. The molecule has 6 nitrogen and oxygen atoms in total. The van der Waals surface area contributed by atoms with E-state index in [1.807, 2.05) is 38.1 Å². The summed E-state index contributed by atoms with van der Waals surface area (Å²) in [7, 11) is -2.28. The van der Waals surface area contributed by atoms with Gasteiger partial charge in [0.1, 0.15) is 12.5 Å². The van der Waals surface area contributed by atoms with E-state index in [-0.39, 0.29) is 24.2 Å². The van der Waals surface area contributed by atoms with Crippen LogP contribution < -0.4 is 4.74 Å². The molecular formula is C26H36O6S. The smallest absolute Gasteiger partial charge is 0.296 e. The van der Waals surface area contributed by atoms with Crippen molar-refractivity contribution in [3.63, 3.8) is 0 Å². The highest BCUT2D eigenvalue weighted by Crippen LogP contribution is 2.45. The van der Waals surface area contributed by atoms with E-state index < -0.39 is 15.7 Å². The maximum Gasteiger partial charge on any atom is 0.296 e. The number of hydrogen-bond donors (Lipinski definition) is 0. The zero-order valence-corrected chi connectivity index (χ0v) is 20.9. The Morgan fingerprint density at radius 2 is 1.67 bits per heavy atom. The van der Waals surface area contributed by atoms with Gasteiger partial charge in [-0.2, -0.15) is 8.42 Å². The van der Waals surface area contributed by atoms with E-state index in [0.29, 0.717) is 12.5 Å². The molecule has 0 aromatic heterocycles. The summed E-state index contributed by atoms with van der Waals surface area (Å²) in [5, 5.41) is 0. The van der Waals surface area contributed by atoms with Crippen LogP contribution in [0.5, 0.6) is 5.75 Å². The van der Waals surface area contributed by atoms with Crippen LogP contribution >= 0.6 is 0 Å². The quantitative estimate of drug-likeness (QED) is 0.244. The molecule has 2 aromatic rings. The second kappa shape index (κ2) is 11.5. The first-order valence-electron chi connectivity index (χ1n) is 11.6. The fraction of sp³-hybridized carbons (Fsp3) is 0.538. The van der Waals surface area contributed by atoms with Crippen molar-refractivity contribution >= 4 is 10.1 Å². The lowest BCUT2D eigenvalue weighted by Gasteiger charge is -2.44. The Morgan fingerprint density at radius 3 is 2.24 bits per heavy atom. The van der Waals surface area contributed by atoms with Crippen LogP contribution in [-0.2, 0) is 23.8 Å². The third kappa shape index (κ3) is 6.57. The van der Waals surface area contributed by atoms with Crippen LogP contribution in [-0.4, -0.2) is 41.1 Å². The van der Waals surface area contributed by atoms with E-state index >= 15 is 0 Å². The Kier molecular flexibility index (Phi) is 8.93. The Hall–Kier alpha value is -1.93. The molecule has 33 heavy (non-hydrogen) atoms. The first kappa shape index (κ1) is 25.7. The van der Waals surface area contributed by atoms with Crippen molar-refractivity contribution < 1.29 is 26.8 Å². The van der Waals surface area contributed by atoms with Crippen LogP contribution in [0, 0.1) is 12.8 Å². The van der Waals surface area contributed by atoms with E-state index in [0.717, 1.165) is 42.6 Å². The molecule has 3 rings (SSSR count). The molecule has 1 saturated carbocycles. The minimum absolute atomic E-state index is 0.0109. The lowest BCUT2D eigenvalue weighted by molar-refractivity contribution is -0.171. The van der Waals surface area contributed by atoms with Gasteiger partial charge in [-0.15, -0.1) is 0 Å². The van der Waals surface area contributed by atoms with E-state index in [2.05, 4.69) is 6.92 Å². The molecule has 1 fully saturated rings. The Labute approximate surface area is 198 Å². The molecule has 0 spiro atoms. The average Bonchev–Trinajstić information content (AvgIpc) is 2.82. The summed E-state index contributed by atoms with van der Waals surface area (Å²) in [4.78, 5) is 0.156. The van der Waals surface area contributed by atoms with Gasteiger partial charge in [0.25, 0.3) is 10.1 Å². The maximum absolute atomic E-state index is 13.0. The molecular weight excluding hydrogens is 440 g/mol. The van der Waals surface area contributed by atoms with Gasteiger partial charge in [0, 0.05) is 12.5 Å². The number of benzene rings is 2. The molecule has 0 heterocycles. The molecule has 0 N–H and O–H groups in total. The van der Waals surface area contributed by atoms with Crippen LogP contribution in [0.15, 0.2) is 53.4 Å². The van der Waals surface area contributed by atoms with Gasteiger partial charge >= 0.3 is 0 Å². The maximum atomic E-state index is 13.0. The Balaban J connectivity index is 1.92. The Morgan fingerprint density at radius 1 is 1.03 bits per heavy atom. The highest BCUT2D eigenvalue weighted by atomic mass is 32.2. The number of hydrogen-bond acceptors (Lipinski definition) is 6. The molecule has 7 heteroatoms. The fourth-order valence-corrected chi connectivity index (χ4v) is 5.33. The SMILES string of the molecule is CCOCOC1([C@H](COS(=O)(=O)c2ccc(C)cc2)c2ccc(OC)cc2)CCC(C)CC1. The third-order valence-electron chi connectivity index (χ3n) is 6.61. The van der Waals surface area contributed by atoms with Gasteiger partial charge in [-0.3, -0.25) is 4.18 Å². The lowest BCUT2D eigenvalue weighted by Crippen LogP contribution is -2.45. The normalized spacial score (nSPS) is 22.1. The topological polar surface area (TPSA) is 71.1 Å². The summed E-state index contributed by atoms with van der Waals surface area (Å²) in [5.74, 6) is 1.06. The predicted octanol–water partition coefficient (Wildman–Crippen LogP) is 5.45. The van der Waals surface area contributed by atoms with Crippen molar-refractivity contribution in [2.75, 3.05) is 27.1 Å². The molecule has 2 aromatic carbocycles. The number of ether oxygens (including phenoxy) is 3. The van der Waals surface area contributed by atoms with Gasteiger partial charge in [0.2, 0.25) is 0 Å². The molecule has 0 radical (unpaired) electrons. The third-order valence-corrected chi connectivity index (χ3v) is 7.90. The summed E-state index contributed by atoms with van der Waals surface area (Å²) in [6.45, 7) is 6.80. The van der Waals surface area contributed by atoms with Crippen molar-refractivity contribution in [1.29, 1.82) is 0 Å². The van der Waals surface area contributed by atoms with Gasteiger partial charge in [-0.1, -0.05) is 36.8 Å². The number of aryl methyl sites for hydroxylation is 1. The van der Waals surface area contributed by atoms with Gasteiger partial charge < -0.3 is 14.2 Å². The molecule has 182 valence electrons. The van der Waals surface area contributed by atoms with E-state index in [1.165, 1.54) is 0 Å². The lowest BCUT2D eigenvalue weighted by atomic mass is 9.70. The first-order chi connectivity index (χ1) is 15.8. The molecule has 0 saturated heterocycles. The minimum atomic E-state index is -3.91. The van der Waals surface area contributed by atoms with E-state index in [4.69, 9.17) is 18.4 Å². The fourth-order valence-electron chi connectivity index (χ4n) is 4.41. The number of methoxy groups -OCH3 is 1. The highest BCUT2D eigenvalue weighted by Gasteiger charge is 2.44. The van der Waals surface area contributed by atoms with Crippen LogP contribution in [0.2, 0.25) is 0 Å². The van der Waals surface area contributed by atoms with Crippen molar-refractivity contribution in [3.05, 3.63) is 59.7 Å². The molecule has 1 aliphatic carbocycles. The van der Waals surface area contributed by atoms with Crippen molar-refractivity contribution in [2.45, 2.75) is 62.9 Å².